The Hall–Kier alpha value is -3.39. The van der Waals surface area contributed by atoms with Crippen LogP contribution < -0.4 is 10.6 Å². The van der Waals surface area contributed by atoms with Gasteiger partial charge < -0.3 is 15.1 Å². The van der Waals surface area contributed by atoms with Gasteiger partial charge >= 0.3 is 0 Å². The summed E-state index contributed by atoms with van der Waals surface area (Å²) in [6, 6.07) is 12.8. The molecule has 3 aromatic heterocycles. The maximum Gasteiger partial charge on any atom is 0.223 e. The van der Waals surface area contributed by atoms with E-state index in [2.05, 4.69) is 63.0 Å². The van der Waals surface area contributed by atoms with Gasteiger partial charge in [-0.3, -0.25) is 4.90 Å². The molecule has 0 spiro atoms. The van der Waals surface area contributed by atoms with Crippen LogP contribution in [0.1, 0.15) is 18.1 Å². The number of anilines is 2. The third kappa shape index (κ3) is 3.39. The fourth-order valence-electron chi connectivity index (χ4n) is 4.10. The number of furan rings is 1. The summed E-state index contributed by atoms with van der Waals surface area (Å²) >= 11 is 0. The molecule has 0 aliphatic carbocycles. The number of nitrogens with zero attached hydrogens (tertiary/aromatic N) is 6. The molecule has 5 rings (SSSR count). The van der Waals surface area contributed by atoms with E-state index in [-0.39, 0.29) is 0 Å². The van der Waals surface area contributed by atoms with E-state index in [9.17, 15) is 0 Å². The summed E-state index contributed by atoms with van der Waals surface area (Å²) in [4.78, 5) is 13.9. The second-order valence-electron chi connectivity index (χ2n) is 7.90. The number of hydrogen-bond donors (Lipinski definition) is 1. The molecule has 30 heavy (non-hydrogen) atoms. The molecule has 1 aliphatic rings. The van der Waals surface area contributed by atoms with Crippen molar-refractivity contribution < 1.29 is 4.42 Å². The van der Waals surface area contributed by atoms with Gasteiger partial charge in [0.2, 0.25) is 11.8 Å². The number of rotatable bonds is 4. The van der Waals surface area contributed by atoms with Crippen molar-refractivity contribution in [2.75, 3.05) is 30.3 Å². The van der Waals surface area contributed by atoms with Crippen molar-refractivity contribution in [3.8, 4) is 11.6 Å². The van der Waals surface area contributed by atoms with Gasteiger partial charge in [0.05, 0.1) is 6.26 Å². The van der Waals surface area contributed by atoms with Gasteiger partial charge in [-0.15, -0.1) is 5.10 Å². The molecule has 2 N–H and O–H groups in total. The van der Waals surface area contributed by atoms with Gasteiger partial charge in [0, 0.05) is 49.7 Å². The normalized spacial score (nSPS) is 17.7. The van der Waals surface area contributed by atoms with Crippen molar-refractivity contribution in [2.24, 2.45) is 0 Å². The van der Waals surface area contributed by atoms with Gasteiger partial charge in [-0.05, 0) is 38.1 Å². The first-order valence-corrected chi connectivity index (χ1v) is 10.2. The van der Waals surface area contributed by atoms with Gasteiger partial charge in [0.1, 0.15) is 0 Å². The zero-order valence-corrected chi connectivity index (χ0v) is 17.2. The first-order valence-electron chi connectivity index (χ1n) is 10.2. The molecule has 1 aromatic carbocycles. The second-order valence-corrected chi connectivity index (χ2v) is 7.90. The van der Waals surface area contributed by atoms with E-state index >= 15 is 0 Å². The molecule has 8 nitrogen and oxygen atoms in total. The van der Waals surface area contributed by atoms with Crippen LogP contribution in [-0.4, -0.2) is 50.2 Å². The SMILES string of the molecule is Cc1ccc(N2CCN(Cc3cnc(N)n4nc(-c5ccco5)nc34)CC2C)cc1. The van der Waals surface area contributed by atoms with Crippen molar-refractivity contribution >= 4 is 17.3 Å². The molecule has 1 atom stereocenters. The van der Waals surface area contributed by atoms with Crippen LogP contribution in [0.4, 0.5) is 11.6 Å². The van der Waals surface area contributed by atoms with Gasteiger partial charge in [-0.25, -0.2) is 9.97 Å². The number of aryl methyl sites for hydroxylation is 1. The Morgan fingerprint density at radius 2 is 2.00 bits per heavy atom. The van der Waals surface area contributed by atoms with E-state index in [0.29, 0.717) is 23.6 Å². The summed E-state index contributed by atoms with van der Waals surface area (Å²) in [5.41, 5.74) is 10.3. The molecule has 8 heteroatoms. The predicted octanol–water partition coefficient (Wildman–Crippen LogP) is 2.99. The second kappa shape index (κ2) is 7.46. The zero-order chi connectivity index (χ0) is 20.7. The topological polar surface area (TPSA) is 88.7 Å². The average Bonchev–Trinajstić information content (AvgIpc) is 3.41. The van der Waals surface area contributed by atoms with E-state index in [0.717, 1.165) is 37.4 Å². The number of fused-ring (bicyclic) bond motifs is 1. The Labute approximate surface area is 174 Å². The van der Waals surface area contributed by atoms with Crippen LogP contribution in [-0.2, 0) is 6.54 Å². The van der Waals surface area contributed by atoms with Crippen molar-refractivity contribution in [1.82, 2.24) is 24.5 Å². The molecule has 0 amide bonds. The van der Waals surface area contributed by atoms with Crippen LogP contribution in [0.3, 0.4) is 0 Å². The molecule has 1 aliphatic heterocycles. The first-order chi connectivity index (χ1) is 14.6. The Kier molecular flexibility index (Phi) is 4.63. The molecule has 0 radical (unpaired) electrons. The molecular formula is C22H25N7O. The minimum atomic E-state index is 0.316. The van der Waals surface area contributed by atoms with Crippen molar-refractivity contribution in [1.29, 1.82) is 0 Å². The van der Waals surface area contributed by atoms with Crippen LogP contribution in [0.5, 0.6) is 0 Å². The maximum atomic E-state index is 6.04. The van der Waals surface area contributed by atoms with E-state index in [4.69, 9.17) is 10.2 Å². The van der Waals surface area contributed by atoms with Crippen LogP contribution in [0.25, 0.3) is 17.2 Å². The molecular weight excluding hydrogens is 378 g/mol. The highest BCUT2D eigenvalue weighted by molar-refractivity contribution is 5.57. The lowest BCUT2D eigenvalue weighted by Gasteiger charge is -2.41. The molecule has 1 saturated heterocycles. The summed E-state index contributed by atoms with van der Waals surface area (Å²) < 4.78 is 7.03. The smallest absolute Gasteiger partial charge is 0.223 e. The Morgan fingerprint density at radius 1 is 1.17 bits per heavy atom. The lowest BCUT2D eigenvalue weighted by molar-refractivity contribution is 0.221. The lowest BCUT2D eigenvalue weighted by atomic mass is 10.1. The third-order valence-corrected chi connectivity index (χ3v) is 5.68. The molecule has 154 valence electrons. The largest absolute Gasteiger partial charge is 0.461 e. The van der Waals surface area contributed by atoms with Crippen molar-refractivity contribution in [3.63, 3.8) is 0 Å². The van der Waals surface area contributed by atoms with E-state index in [1.165, 1.54) is 11.3 Å². The summed E-state index contributed by atoms with van der Waals surface area (Å²) in [5, 5.41) is 4.48. The number of hydrogen-bond acceptors (Lipinski definition) is 7. The molecule has 1 fully saturated rings. The predicted molar refractivity (Wildman–Crippen MR) is 116 cm³/mol. The molecule has 0 saturated carbocycles. The van der Waals surface area contributed by atoms with E-state index in [1.54, 1.807) is 10.8 Å². The highest BCUT2D eigenvalue weighted by Gasteiger charge is 2.25. The van der Waals surface area contributed by atoms with Crippen molar-refractivity contribution in [2.45, 2.75) is 26.4 Å². The van der Waals surface area contributed by atoms with Crippen LogP contribution in [0.15, 0.2) is 53.3 Å². The van der Waals surface area contributed by atoms with Crippen molar-refractivity contribution in [3.05, 3.63) is 60.0 Å². The highest BCUT2D eigenvalue weighted by atomic mass is 16.3. The summed E-state index contributed by atoms with van der Waals surface area (Å²) in [5.74, 6) is 1.44. The first kappa shape index (κ1) is 18.6. The quantitative estimate of drug-likeness (QED) is 0.560. The monoisotopic (exact) mass is 403 g/mol. The summed E-state index contributed by atoms with van der Waals surface area (Å²) in [6.45, 7) is 8.05. The van der Waals surface area contributed by atoms with Gasteiger partial charge in [0.15, 0.2) is 11.4 Å². The maximum absolute atomic E-state index is 6.04. The third-order valence-electron chi connectivity index (χ3n) is 5.68. The number of piperazine rings is 1. The molecule has 4 heterocycles. The van der Waals surface area contributed by atoms with Gasteiger partial charge in [0.25, 0.3) is 0 Å². The minimum absolute atomic E-state index is 0.316. The zero-order valence-electron chi connectivity index (χ0n) is 17.2. The van der Waals surface area contributed by atoms with E-state index < -0.39 is 0 Å². The summed E-state index contributed by atoms with van der Waals surface area (Å²) in [6.07, 6.45) is 3.42. The Morgan fingerprint density at radius 3 is 2.73 bits per heavy atom. The molecule has 4 aromatic rings. The fraction of sp³-hybridized carbons (Fsp3) is 0.318. The fourth-order valence-corrected chi connectivity index (χ4v) is 4.10. The molecule has 0 bridgehead atoms. The summed E-state index contributed by atoms with van der Waals surface area (Å²) in [7, 11) is 0. The Bertz CT molecular complexity index is 1150. The number of nitrogen functional groups attached to an aromatic ring is 1. The number of nitrogens with two attached hydrogens (primary N) is 1. The van der Waals surface area contributed by atoms with Gasteiger partial charge in [-0.1, -0.05) is 17.7 Å². The molecule has 1 unspecified atom stereocenters. The standard InChI is InChI=1S/C22H25N7O/c1-15-5-7-18(8-6-15)28-10-9-27(13-16(28)2)14-17-12-24-22(23)29-21(17)25-20(26-29)19-4-3-11-30-19/h3-8,11-12,16H,9-10,13-14H2,1-2H3,(H2,23,24). The Balaban J connectivity index is 1.36. The average molecular weight is 403 g/mol. The number of benzene rings is 1. The van der Waals surface area contributed by atoms with Crippen LogP contribution in [0.2, 0.25) is 0 Å². The van der Waals surface area contributed by atoms with E-state index in [1.807, 2.05) is 18.3 Å². The lowest BCUT2D eigenvalue weighted by Crippen LogP contribution is -2.51. The van der Waals surface area contributed by atoms with Gasteiger partial charge in [-0.2, -0.15) is 4.52 Å². The minimum Gasteiger partial charge on any atom is -0.461 e. The highest BCUT2D eigenvalue weighted by Crippen LogP contribution is 2.24. The van der Waals surface area contributed by atoms with Crippen LogP contribution >= 0.6 is 0 Å². The number of aromatic nitrogens is 4. The van der Waals surface area contributed by atoms with Crippen LogP contribution in [0, 0.1) is 6.92 Å².